The zero-order chi connectivity index (χ0) is 13.8. The van der Waals surface area contributed by atoms with Gasteiger partial charge in [0.25, 0.3) is 0 Å². The summed E-state index contributed by atoms with van der Waals surface area (Å²) in [7, 11) is 2.06. The summed E-state index contributed by atoms with van der Waals surface area (Å²) in [5.74, 6) is 0.233. The van der Waals surface area contributed by atoms with E-state index in [0.717, 1.165) is 25.9 Å². The molecule has 1 aromatic carbocycles. The van der Waals surface area contributed by atoms with Crippen molar-refractivity contribution in [1.29, 1.82) is 0 Å². The molecule has 0 saturated heterocycles. The predicted octanol–water partition coefficient (Wildman–Crippen LogP) is 2.47. The Bertz CT molecular complexity index is 440. The van der Waals surface area contributed by atoms with Crippen molar-refractivity contribution in [2.24, 2.45) is 0 Å². The second kappa shape index (κ2) is 6.20. The number of hydrogen-bond acceptors (Lipinski definition) is 2. The fraction of sp³-hybridized carbons (Fsp3) is 0.562. The molecule has 1 amide bonds. The van der Waals surface area contributed by atoms with E-state index in [1.807, 2.05) is 18.7 Å². The summed E-state index contributed by atoms with van der Waals surface area (Å²) in [5, 5.41) is 0. The fourth-order valence-electron chi connectivity index (χ4n) is 2.99. The van der Waals surface area contributed by atoms with E-state index in [9.17, 15) is 4.79 Å². The van der Waals surface area contributed by atoms with Gasteiger partial charge in [-0.15, -0.1) is 0 Å². The van der Waals surface area contributed by atoms with Crippen LogP contribution in [0.2, 0.25) is 0 Å². The van der Waals surface area contributed by atoms with Crippen molar-refractivity contribution < 1.29 is 4.79 Å². The molecule has 0 saturated carbocycles. The number of rotatable bonds is 5. The van der Waals surface area contributed by atoms with Crippen molar-refractivity contribution in [3.8, 4) is 0 Å². The predicted molar refractivity (Wildman–Crippen MR) is 78.1 cm³/mol. The first kappa shape index (κ1) is 14.1. The van der Waals surface area contributed by atoms with Crippen LogP contribution in [0.1, 0.15) is 37.4 Å². The quantitative estimate of drug-likeness (QED) is 0.812. The molecule has 0 heterocycles. The van der Waals surface area contributed by atoms with Crippen LogP contribution < -0.4 is 0 Å². The summed E-state index contributed by atoms with van der Waals surface area (Å²) in [4.78, 5) is 16.3. The number of amides is 1. The number of hydrogen-bond donors (Lipinski definition) is 0. The molecule has 1 aromatic rings. The molecule has 3 nitrogen and oxygen atoms in total. The Morgan fingerprint density at radius 2 is 1.95 bits per heavy atom. The Kier molecular flexibility index (Phi) is 4.59. The first-order chi connectivity index (χ1) is 9.17. The van der Waals surface area contributed by atoms with Crippen molar-refractivity contribution >= 4 is 5.91 Å². The molecule has 0 bridgehead atoms. The van der Waals surface area contributed by atoms with Gasteiger partial charge in [0.15, 0.2) is 0 Å². The average Bonchev–Trinajstić information content (AvgIpc) is 2.84. The zero-order valence-corrected chi connectivity index (χ0v) is 12.2. The third-order valence-corrected chi connectivity index (χ3v) is 4.13. The summed E-state index contributed by atoms with van der Waals surface area (Å²) >= 11 is 0. The monoisotopic (exact) mass is 260 g/mol. The third kappa shape index (κ3) is 2.98. The molecular weight excluding hydrogens is 236 g/mol. The van der Waals surface area contributed by atoms with Crippen LogP contribution in [0.5, 0.6) is 0 Å². The van der Waals surface area contributed by atoms with E-state index in [2.05, 4.69) is 36.2 Å². The molecule has 0 N–H and O–H groups in total. The second-order valence-electron chi connectivity index (χ2n) is 5.23. The average molecular weight is 260 g/mol. The molecule has 1 aliphatic rings. The smallest absolute Gasteiger partial charge is 0.236 e. The molecule has 0 unspecified atom stereocenters. The minimum Gasteiger partial charge on any atom is -0.342 e. The zero-order valence-electron chi connectivity index (χ0n) is 12.2. The van der Waals surface area contributed by atoms with Gasteiger partial charge in [-0.05, 0) is 44.9 Å². The summed E-state index contributed by atoms with van der Waals surface area (Å²) in [6.45, 7) is 6.17. The number of likely N-dealkylation sites (N-methyl/N-ethyl adjacent to an activating group) is 2. The molecule has 3 heteroatoms. The fourth-order valence-corrected chi connectivity index (χ4v) is 2.99. The largest absolute Gasteiger partial charge is 0.342 e. The maximum Gasteiger partial charge on any atom is 0.236 e. The summed E-state index contributed by atoms with van der Waals surface area (Å²) in [5.41, 5.74) is 2.84. The van der Waals surface area contributed by atoms with Crippen molar-refractivity contribution in [1.82, 2.24) is 9.80 Å². The van der Waals surface area contributed by atoms with Crippen LogP contribution in [0, 0.1) is 0 Å². The number of carbonyl (C=O) groups is 1. The van der Waals surface area contributed by atoms with Crippen molar-refractivity contribution in [2.75, 3.05) is 26.7 Å². The van der Waals surface area contributed by atoms with Gasteiger partial charge in [-0.3, -0.25) is 9.69 Å². The molecule has 0 fully saturated rings. The normalized spacial score (nSPS) is 17.6. The van der Waals surface area contributed by atoms with E-state index in [0.29, 0.717) is 12.6 Å². The Morgan fingerprint density at radius 3 is 2.63 bits per heavy atom. The van der Waals surface area contributed by atoms with E-state index in [-0.39, 0.29) is 5.91 Å². The summed E-state index contributed by atoms with van der Waals surface area (Å²) < 4.78 is 0. The van der Waals surface area contributed by atoms with Gasteiger partial charge in [0.05, 0.1) is 6.54 Å². The van der Waals surface area contributed by atoms with Gasteiger partial charge in [0, 0.05) is 19.1 Å². The molecule has 1 atom stereocenters. The van der Waals surface area contributed by atoms with Gasteiger partial charge in [0.2, 0.25) is 5.91 Å². The van der Waals surface area contributed by atoms with Crippen LogP contribution >= 0.6 is 0 Å². The molecule has 1 aliphatic carbocycles. The van der Waals surface area contributed by atoms with Crippen LogP contribution in [-0.2, 0) is 11.2 Å². The van der Waals surface area contributed by atoms with Gasteiger partial charge in [-0.25, -0.2) is 0 Å². The summed E-state index contributed by atoms with van der Waals surface area (Å²) in [6.07, 6.45) is 2.26. The highest BCUT2D eigenvalue weighted by molar-refractivity contribution is 5.78. The van der Waals surface area contributed by atoms with E-state index >= 15 is 0 Å². The lowest BCUT2D eigenvalue weighted by molar-refractivity contribution is -0.132. The van der Waals surface area contributed by atoms with E-state index < -0.39 is 0 Å². The van der Waals surface area contributed by atoms with Crippen LogP contribution in [0.4, 0.5) is 0 Å². The van der Waals surface area contributed by atoms with Crippen LogP contribution in [0.25, 0.3) is 0 Å². The lowest BCUT2D eigenvalue weighted by Gasteiger charge is -2.27. The number of aryl methyl sites for hydroxylation is 1. The maximum absolute atomic E-state index is 12.2. The SMILES string of the molecule is CCN(CC)C(=O)CN(C)[C@H]1CCc2ccccc21. The van der Waals surface area contributed by atoms with Crippen molar-refractivity contribution in [3.63, 3.8) is 0 Å². The molecule has 104 valence electrons. The van der Waals surface area contributed by atoms with E-state index in [4.69, 9.17) is 0 Å². The highest BCUT2D eigenvalue weighted by Gasteiger charge is 2.27. The second-order valence-corrected chi connectivity index (χ2v) is 5.23. The Balaban J connectivity index is 2.02. The standard InChI is InChI=1S/C16H24N2O/c1-4-18(5-2)16(19)12-17(3)15-11-10-13-8-6-7-9-14(13)15/h6-9,15H,4-5,10-12H2,1-3H3/t15-/m0/s1. The molecule has 0 radical (unpaired) electrons. The van der Waals surface area contributed by atoms with E-state index in [1.165, 1.54) is 11.1 Å². The number of fused-ring (bicyclic) bond motifs is 1. The van der Waals surface area contributed by atoms with E-state index in [1.54, 1.807) is 0 Å². The number of carbonyl (C=O) groups excluding carboxylic acids is 1. The maximum atomic E-state index is 12.2. The van der Waals surface area contributed by atoms with Gasteiger partial charge >= 0.3 is 0 Å². The minimum absolute atomic E-state index is 0.233. The van der Waals surface area contributed by atoms with Gasteiger partial charge in [-0.1, -0.05) is 24.3 Å². The Labute approximate surface area is 116 Å². The highest BCUT2D eigenvalue weighted by atomic mass is 16.2. The molecule has 0 aromatic heterocycles. The van der Waals surface area contributed by atoms with Crippen LogP contribution in [0.15, 0.2) is 24.3 Å². The van der Waals surface area contributed by atoms with Crippen LogP contribution in [0.3, 0.4) is 0 Å². The lowest BCUT2D eigenvalue weighted by atomic mass is 10.1. The molecule has 0 spiro atoms. The van der Waals surface area contributed by atoms with Gasteiger partial charge in [0.1, 0.15) is 0 Å². The molecule has 19 heavy (non-hydrogen) atoms. The summed E-state index contributed by atoms with van der Waals surface area (Å²) in [6, 6.07) is 9.00. The Morgan fingerprint density at radius 1 is 1.26 bits per heavy atom. The Hall–Kier alpha value is -1.35. The van der Waals surface area contributed by atoms with Crippen molar-refractivity contribution in [3.05, 3.63) is 35.4 Å². The van der Waals surface area contributed by atoms with Gasteiger partial charge < -0.3 is 4.90 Å². The molecular formula is C16H24N2O. The third-order valence-electron chi connectivity index (χ3n) is 4.13. The minimum atomic E-state index is 0.233. The van der Waals surface area contributed by atoms with Crippen LogP contribution in [-0.4, -0.2) is 42.4 Å². The number of nitrogens with zero attached hydrogens (tertiary/aromatic N) is 2. The van der Waals surface area contributed by atoms with Gasteiger partial charge in [-0.2, -0.15) is 0 Å². The topological polar surface area (TPSA) is 23.6 Å². The molecule has 0 aliphatic heterocycles. The highest BCUT2D eigenvalue weighted by Crippen LogP contribution is 2.34. The lowest BCUT2D eigenvalue weighted by Crippen LogP contribution is -2.39. The first-order valence-corrected chi connectivity index (χ1v) is 7.23. The number of benzene rings is 1. The first-order valence-electron chi connectivity index (χ1n) is 7.23. The molecule has 2 rings (SSSR count). The van der Waals surface area contributed by atoms with Crippen molar-refractivity contribution in [2.45, 2.75) is 32.7 Å².